The van der Waals surface area contributed by atoms with Gasteiger partial charge in [0.15, 0.2) is 0 Å². The van der Waals surface area contributed by atoms with Crippen LogP contribution in [0.15, 0.2) is 36.5 Å². The van der Waals surface area contributed by atoms with Gasteiger partial charge in [0.25, 0.3) is 0 Å². The molecule has 18 heavy (non-hydrogen) atoms. The Bertz CT molecular complexity index is 522. The molecule has 2 aromatic rings. The van der Waals surface area contributed by atoms with Gasteiger partial charge in [-0.05, 0) is 26.0 Å². The van der Waals surface area contributed by atoms with Crippen molar-refractivity contribution in [2.75, 3.05) is 6.61 Å². The van der Waals surface area contributed by atoms with Crippen LogP contribution in [0.25, 0.3) is 5.69 Å². The summed E-state index contributed by atoms with van der Waals surface area (Å²) in [7, 11) is 0. The Labute approximate surface area is 105 Å². The standard InChI is InChI=1S/C13H15N3O2/c1-3-18-10(2)13(17)12-9-14-15-16(12)11-7-5-4-6-8-11/h4-10H,3H2,1-2H3. The van der Waals surface area contributed by atoms with Gasteiger partial charge in [-0.2, -0.15) is 0 Å². The Balaban J connectivity index is 2.31. The van der Waals surface area contributed by atoms with E-state index in [0.29, 0.717) is 12.3 Å². The number of carbonyl (C=O) groups is 1. The molecule has 0 spiro atoms. The van der Waals surface area contributed by atoms with Crippen LogP contribution in [0.5, 0.6) is 0 Å². The predicted molar refractivity (Wildman–Crippen MR) is 66.8 cm³/mol. The highest BCUT2D eigenvalue weighted by molar-refractivity contribution is 5.97. The van der Waals surface area contributed by atoms with E-state index >= 15 is 0 Å². The maximum absolute atomic E-state index is 12.2. The Morgan fingerprint density at radius 2 is 2.11 bits per heavy atom. The molecular formula is C13H15N3O2. The van der Waals surface area contributed by atoms with Crippen molar-refractivity contribution in [1.29, 1.82) is 0 Å². The van der Waals surface area contributed by atoms with E-state index in [9.17, 15) is 4.79 Å². The number of ether oxygens (including phenoxy) is 1. The first-order valence-corrected chi connectivity index (χ1v) is 5.86. The predicted octanol–water partition coefficient (Wildman–Crippen LogP) is 1.88. The third kappa shape index (κ3) is 2.46. The number of nitrogens with zero attached hydrogens (tertiary/aromatic N) is 3. The van der Waals surface area contributed by atoms with Gasteiger partial charge in [-0.1, -0.05) is 23.4 Å². The molecule has 94 valence electrons. The third-order valence-electron chi connectivity index (χ3n) is 2.59. The van der Waals surface area contributed by atoms with Crippen molar-refractivity contribution < 1.29 is 9.53 Å². The maximum Gasteiger partial charge on any atom is 0.211 e. The maximum atomic E-state index is 12.2. The largest absolute Gasteiger partial charge is 0.371 e. The van der Waals surface area contributed by atoms with E-state index in [-0.39, 0.29) is 5.78 Å². The topological polar surface area (TPSA) is 57.0 Å². The molecular weight excluding hydrogens is 230 g/mol. The molecule has 0 aliphatic rings. The van der Waals surface area contributed by atoms with E-state index in [1.807, 2.05) is 37.3 Å². The fourth-order valence-corrected chi connectivity index (χ4v) is 1.70. The number of hydrogen-bond donors (Lipinski definition) is 0. The van der Waals surface area contributed by atoms with Gasteiger partial charge >= 0.3 is 0 Å². The lowest BCUT2D eigenvalue weighted by molar-refractivity contribution is 0.0513. The summed E-state index contributed by atoms with van der Waals surface area (Å²) in [6, 6.07) is 9.42. The molecule has 1 unspecified atom stereocenters. The van der Waals surface area contributed by atoms with Crippen LogP contribution in [-0.4, -0.2) is 33.5 Å². The summed E-state index contributed by atoms with van der Waals surface area (Å²) in [5.41, 5.74) is 1.24. The average molecular weight is 245 g/mol. The Morgan fingerprint density at radius 3 is 2.78 bits per heavy atom. The molecule has 1 aromatic carbocycles. The van der Waals surface area contributed by atoms with E-state index in [2.05, 4.69) is 10.3 Å². The van der Waals surface area contributed by atoms with Gasteiger partial charge in [0.2, 0.25) is 5.78 Å². The van der Waals surface area contributed by atoms with Gasteiger partial charge in [-0.3, -0.25) is 4.79 Å². The van der Waals surface area contributed by atoms with Gasteiger partial charge in [-0.15, -0.1) is 5.10 Å². The summed E-state index contributed by atoms with van der Waals surface area (Å²) in [5.74, 6) is -0.120. The molecule has 0 aliphatic heterocycles. The summed E-state index contributed by atoms with van der Waals surface area (Å²) in [6.45, 7) is 4.09. The lowest BCUT2D eigenvalue weighted by Gasteiger charge is -2.11. The normalized spacial score (nSPS) is 12.3. The second-order valence-electron chi connectivity index (χ2n) is 3.83. The molecule has 2 rings (SSSR count). The van der Waals surface area contributed by atoms with Crippen molar-refractivity contribution in [3.8, 4) is 5.69 Å². The summed E-state index contributed by atoms with van der Waals surface area (Å²) in [6.07, 6.45) is 0.973. The van der Waals surface area contributed by atoms with E-state index in [4.69, 9.17) is 4.74 Å². The molecule has 0 bridgehead atoms. The fourth-order valence-electron chi connectivity index (χ4n) is 1.70. The molecule has 0 amide bonds. The number of aromatic nitrogens is 3. The first-order chi connectivity index (χ1) is 8.74. The van der Waals surface area contributed by atoms with Crippen molar-refractivity contribution in [3.05, 3.63) is 42.2 Å². The summed E-state index contributed by atoms with van der Waals surface area (Å²) in [5, 5.41) is 7.74. The monoisotopic (exact) mass is 245 g/mol. The smallest absolute Gasteiger partial charge is 0.211 e. The lowest BCUT2D eigenvalue weighted by Crippen LogP contribution is -2.23. The molecule has 5 heteroatoms. The number of ketones is 1. The lowest BCUT2D eigenvalue weighted by atomic mass is 10.2. The highest BCUT2D eigenvalue weighted by Gasteiger charge is 2.20. The minimum atomic E-state index is -0.490. The van der Waals surface area contributed by atoms with Gasteiger partial charge in [-0.25, -0.2) is 4.68 Å². The number of rotatable bonds is 5. The molecule has 0 aliphatic carbocycles. The highest BCUT2D eigenvalue weighted by Crippen LogP contribution is 2.11. The molecule has 0 N–H and O–H groups in total. The summed E-state index contributed by atoms with van der Waals surface area (Å²) >= 11 is 0. The zero-order valence-electron chi connectivity index (χ0n) is 10.4. The van der Waals surface area contributed by atoms with E-state index in [1.165, 1.54) is 10.9 Å². The van der Waals surface area contributed by atoms with Crippen LogP contribution in [0.3, 0.4) is 0 Å². The zero-order valence-corrected chi connectivity index (χ0v) is 10.4. The Kier molecular flexibility index (Phi) is 3.84. The van der Waals surface area contributed by atoms with Crippen molar-refractivity contribution in [2.24, 2.45) is 0 Å². The third-order valence-corrected chi connectivity index (χ3v) is 2.59. The highest BCUT2D eigenvalue weighted by atomic mass is 16.5. The van der Waals surface area contributed by atoms with Crippen molar-refractivity contribution in [1.82, 2.24) is 15.0 Å². The van der Waals surface area contributed by atoms with Gasteiger partial charge in [0.05, 0.1) is 11.9 Å². The van der Waals surface area contributed by atoms with Gasteiger partial charge < -0.3 is 4.74 Å². The van der Waals surface area contributed by atoms with Crippen molar-refractivity contribution in [2.45, 2.75) is 20.0 Å². The molecule has 5 nitrogen and oxygen atoms in total. The van der Waals surface area contributed by atoms with Crippen LogP contribution in [0.1, 0.15) is 24.3 Å². The van der Waals surface area contributed by atoms with Crippen LogP contribution < -0.4 is 0 Å². The average Bonchev–Trinajstić information content (AvgIpc) is 2.88. The van der Waals surface area contributed by atoms with Crippen molar-refractivity contribution in [3.63, 3.8) is 0 Å². The molecule has 0 radical (unpaired) electrons. The van der Waals surface area contributed by atoms with E-state index < -0.39 is 6.10 Å². The summed E-state index contributed by atoms with van der Waals surface area (Å²) < 4.78 is 6.83. The van der Waals surface area contributed by atoms with Crippen LogP contribution >= 0.6 is 0 Å². The molecule has 1 atom stereocenters. The molecule has 1 heterocycles. The van der Waals surface area contributed by atoms with Crippen LogP contribution in [0.4, 0.5) is 0 Å². The number of benzene rings is 1. The van der Waals surface area contributed by atoms with E-state index in [0.717, 1.165) is 5.69 Å². The van der Waals surface area contributed by atoms with Gasteiger partial charge in [0.1, 0.15) is 11.8 Å². The Hall–Kier alpha value is -2.01. The molecule has 1 aromatic heterocycles. The minimum Gasteiger partial charge on any atom is -0.371 e. The number of Topliss-reactive ketones (excluding diaryl/α,β-unsaturated/α-hetero) is 1. The fraction of sp³-hybridized carbons (Fsp3) is 0.308. The Morgan fingerprint density at radius 1 is 1.39 bits per heavy atom. The first kappa shape index (κ1) is 12.4. The van der Waals surface area contributed by atoms with E-state index in [1.54, 1.807) is 6.92 Å². The SMILES string of the molecule is CCOC(C)C(=O)c1cnnn1-c1ccccc1. The number of carbonyl (C=O) groups excluding carboxylic acids is 1. The van der Waals surface area contributed by atoms with Crippen LogP contribution in [-0.2, 0) is 4.74 Å². The second-order valence-corrected chi connectivity index (χ2v) is 3.83. The second kappa shape index (κ2) is 5.55. The van der Waals surface area contributed by atoms with Crippen molar-refractivity contribution >= 4 is 5.78 Å². The summed E-state index contributed by atoms with van der Waals surface area (Å²) in [4.78, 5) is 12.2. The molecule has 0 saturated heterocycles. The van der Waals surface area contributed by atoms with Crippen LogP contribution in [0.2, 0.25) is 0 Å². The number of para-hydroxylation sites is 1. The first-order valence-electron chi connectivity index (χ1n) is 5.86. The molecule has 0 fully saturated rings. The number of hydrogen-bond acceptors (Lipinski definition) is 4. The van der Waals surface area contributed by atoms with Gasteiger partial charge in [0, 0.05) is 6.61 Å². The minimum absolute atomic E-state index is 0.120. The quantitative estimate of drug-likeness (QED) is 0.755. The zero-order chi connectivity index (χ0) is 13.0. The van der Waals surface area contributed by atoms with Crippen LogP contribution in [0, 0.1) is 0 Å². The molecule has 0 saturated carbocycles.